The summed E-state index contributed by atoms with van der Waals surface area (Å²) in [7, 11) is -3.85. The molecule has 0 rings (SSSR count). The van der Waals surface area contributed by atoms with Crippen molar-refractivity contribution in [1.82, 2.24) is 0 Å². The molecule has 6 heteroatoms. The molecule has 0 atom stereocenters. The average Bonchev–Trinajstić information content (AvgIpc) is 2.16. The highest BCUT2D eigenvalue weighted by Gasteiger charge is 2.00. The van der Waals surface area contributed by atoms with Crippen LogP contribution in [0, 0.1) is 0 Å². The smallest absolute Gasteiger partial charge is 0.264 e. The van der Waals surface area contributed by atoms with Crippen LogP contribution >= 0.6 is 0 Å². The van der Waals surface area contributed by atoms with Crippen molar-refractivity contribution in [3.8, 4) is 0 Å². The van der Waals surface area contributed by atoms with E-state index in [1.54, 1.807) is 0 Å². The zero-order chi connectivity index (χ0) is 12.2. The second-order valence-electron chi connectivity index (χ2n) is 2.98. The number of aliphatic hydroxyl groups excluding tert-OH is 1. The largest absolute Gasteiger partial charge is 0.396 e. The van der Waals surface area contributed by atoms with Crippen LogP contribution in [-0.4, -0.2) is 43.7 Å². The van der Waals surface area contributed by atoms with E-state index in [-0.39, 0.29) is 18.8 Å². The molecule has 0 fully saturated rings. The molecule has 0 saturated heterocycles. The van der Waals surface area contributed by atoms with E-state index in [2.05, 4.69) is 13.8 Å². The zero-order valence-corrected chi connectivity index (χ0v) is 10.3. The highest BCUT2D eigenvalue weighted by atomic mass is 32.2. The molecular formula is C9H22O5S. The summed E-state index contributed by atoms with van der Waals surface area (Å²) >= 11 is 0. The highest BCUT2D eigenvalue weighted by molar-refractivity contribution is 7.85. The Morgan fingerprint density at radius 1 is 1.13 bits per heavy atom. The molecule has 2 N–H and O–H groups in total. The first-order chi connectivity index (χ1) is 6.97. The molecule has 0 unspecified atom stereocenters. The third kappa shape index (κ3) is 24.8. The lowest BCUT2D eigenvalue weighted by Gasteiger charge is -1.95. The van der Waals surface area contributed by atoms with Crippen molar-refractivity contribution >= 4 is 10.1 Å². The van der Waals surface area contributed by atoms with Crippen LogP contribution in [0.1, 0.15) is 33.1 Å². The first kappa shape index (κ1) is 17.2. The Morgan fingerprint density at radius 3 is 1.80 bits per heavy atom. The minimum absolute atomic E-state index is 0.0961. The molecule has 0 aliphatic carbocycles. The minimum atomic E-state index is -3.85. The Bertz CT molecular complexity index is 197. The predicted octanol–water partition coefficient (Wildman–Crippen LogP) is 1.08. The SMILES string of the molecule is CCCOCCC.O=S(=O)(O)CCCO. The van der Waals surface area contributed by atoms with Gasteiger partial charge in [-0.15, -0.1) is 0 Å². The normalized spacial score (nSPS) is 10.7. The van der Waals surface area contributed by atoms with Crippen LogP contribution in [0.4, 0.5) is 0 Å². The molecule has 0 amide bonds. The topological polar surface area (TPSA) is 83.8 Å². The second kappa shape index (κ2) is 11.9. The van der Waals surface area contributed by atoms with E-state index in [0.717, 1.165) is 26.1 Å². The summed E-state index contributed by atoms with van der Waals surface area (Å²) in [5.41, 5.74) is 0. The lowest BCUT2D eigenvalue weighted by molar-refractivity contribution is 0.135. The maximum atomic E-state index is 9.83. The molecule has 0 saturated carbocycles. The molecule has 0 aromatic heterocycles. The van der Waals surface area contributed by atoms with E-state index in [0.29, 0.717) is 0 Å². The molecule has 0 radical (unpaired) electrons. The van der Waals surface area contributed by atoms with Crippen LogP contribution in [0.5, 0.6) is 0 Å². The monoisotopic (exact) mass is 242 g/mol. The maximum absolute atomic E-state index is 9.83. The molecule has 94 valence electrons. The Morgan fingerprint density at radius 2 is 1.60 bits per heavy atom. The van der Waals surface area contributed by atoms with Gasteiger partial charge in [-0.05, 0) is 19.3 Å². The Labute approximate surface area is 92.2 Å². The van der Waals surface area contributed by atoms with Crippen molar-refractivity contribution in [3.05, 3.63) is 0 Å². The van der Waals surface area contributed by atoms with E-state index in [4.69, 9.17) is 14.4 Å². The fourth-order valence-corrected chi connectivity index (χ4v) is 1.13. The Hall–Kier alpha value is -0.170. The first-order valence-electron chi connectivity index (χ1n) is 5.11. The van der Waals surface area contributed by atoms with Gasteiger partial charge in [0.2, 0.25) is 0 Å². The second-order valence-corrected chi connectivity index (χ2v) is 4.55. The predicted molar refractivity (Wildman–Crippen MR) is 59.5 cm³/mol. The van der Waals surface area contributed by atoms with Crippen LogP contribution in [0.3, 0.4) is 0 Å². The Kier molecular flexibility index (Phi) is 13.7. The van der Waals surface area contributed by atoms with Crippen molar-refractivity contribution < 1.29 is 22.8 Å². The molecule has 0 bridgehead atoms. The first-order valence-corrected chi connectivity index (χ1v) is 6.72. The fraction of sp³-hybridized carbons (Fsp3) is 1.00. The lowest BCUT2D eigenvalue weighted by atomic mass is 10.5. The maximum Gasteiger partial charge on any atom is 0.264 e. The summed E-state index contributed by atoms with van der Waals surface area (Å²) in [5.74, 6) is -0.358. The van der Waals surface area contributed by atoms with Gasteiger partial charge in [-0.25, -0.2) is 0 Å². The quantitative estimate of drug-likeness (QED) is 0.515. The van der Waals surface area contributed by atoms with Crippen LogP contribution in [0.25, 0.3) is 0 Å². The summed E-state index contributed by atoms with van der Waals surface area (Å²) in [6.45, 7) is 5.88. The molecule has 0 spiro atoms. The van der Waals surface area contributed by atoms with Gasteiger partial charge in [0, 0.05) is 19.8 Å². The summed E-state index contributed by atoms with van der Waals surface area (Å²) in [6.07, 6.45) is 2.37. The molecule has 0 aliphatic heterocycles. The van der Waals surface area contributed by atoms with Crippen molar-refractivity contribution in [2.24, 2.45) is 0 Å². The van der Waals surface area contributed by atoms with Gasteiger partial charge in [0.05, 0.1) is 5.75 Å². The molecule has 0 aromatic carbocycles. The minimum Gasteiger partial charge on any atom is -0.396 e. The van der Waals surface area contributed by atoms with Crippen LogP contribution < -0.4 is 0 Å². The summed E-state index contributed by atoms with van der Waals surface area (Å²) in [4.78, 5) is 0. The highest BCUT2D eigenvalue weighted by Crippen LogP contribution is 1.84. The molecule has 15 heavy (non-hydrogen) atoms. The standard InChI is InChI=1S/C6H14O.C3H8O4S/c1-3-5-7-6-4-2;4-2-1-3-8(5,6)7/h3-6H2,1-2H3;4H,1-3H2,(H,5,6,7). The number of rotatable bonds is 7. The van der Waals surface area contributed by atoms with Gasteiger partial charge < -0.3 is 9.84 Å². The third-order valence-corrected chi connectivity index (χ3v) is 2.06. The van der Waals surface area contributed by atoms with E-state index in [1.807, 2.05) is 0 Å². The molecule has 0 heterocycles. The number of hydrogen-bond donors (Lipinski definition) is 2. The number of aliphatic hydroxyl groups is 1. The zero-order valence-electron chi connectivity index (χ0n) is 9.48. The summed E-state index contributed by atoms with van der Waals surface area (Å²) < 4.78 is 32.8. The van der Waals surface area contributed by atoms with Gasteiger partial charge in [-0.1, -0.05) is 13.8 Å². The van der Waals surface area contributed by atoms with Gasteiger partial charge in [0.25, 0.3) is 10.1 Å². The molecular weight excluding hydrogens is 220 g/mol. The third-order valence-electron chi connectivity index (χ3n) is 1.26. The van der Waals surface area contributed by atoms with Crippen LogP contribution in [0.15, 0.2) is 0 Å². The summed E-state index contributed by atoms with van der Waals surface area (Å²) in [5, 5.41) is 8.05. The van der Waals surface area contributed by atoms with E-state index < -0.39 is 10.1 Å². The van der Waals surface area contributed by atoms with Gasteiger partial charge in [0.1, 0.15) is 0 Å². The summed E-state index contributed by atoms with van der Waals surface area (Å²) in [6, 6.07) is 0. The van der Waals surface area contributed by atoms with Crippen molar-refractivity contribution in [1.29, 1.82) is 0 Å². The van der Waals surface area contributed by atoms with Crippen molar-refractivity contribution in [2.75, 3.05) is 25.6 Å². The van der Waals surface area contributed by atoms with E-state index in [9.17, 15) is 8.42 Å². The van der Waals surface area contributed by atoms with Crippen molar-refractivity contribution in [3.63, 3.8) is 0 Å². The van der Waals surface area contributed by atoms with E-state index >= 15 is 0 Å². The Balaban J connectivity index is 0. The van der Waals surface area contributed by atoms with Gasteiger partial charge >= 0.3 is 0 Å². The number of hydrogen-bond acceptors (Lipinski definition) is 4. The van der Waals surface area contributed by atoms with Gasteiger partial charge in [0.15, 0.2) is 0 Å². The average molecular weight is 242 g/mol. The van der Waals surface area contributed by atoms with E-state index in [1.165, 1.54) is 0 Å². The van der Waals surface area contributed by atoms with Gasteiger partial charge in [-0.3, -0.25) is 4.55 Å². The lowest BCUT2D eigenvalue weighted by Crippen LogP contribution is -2.04. The number of ether oxygens (including phenoxy) is 1. The molecule has 5 nitrogen and oxygen atoms in total. The van der Waals surface area contributed by atoms with Gasteiger partial charge in [-0.2, -0.15) is 8.42 Å². The molecule has 0 aromatic rings. The fourth-order valence-electron chi connectivity index (χ4n) is 0.638. The van der Waals surface area contributed by atoms with Crippen LogP contribution in [0.2, 0.25) is 0 Å². The molecule has 0 aliphatic rings. The van der Waals surface area contributed by atoms with Crippen LogP contribution in [-0.2, 0) is 14.9 Å². The van der Waals surface area contributed by atoms with Crippen molar-refractivity contribution in [2.45, 2.75) is 33.1 Å².